The van der Waals surface area contributed by atoms with E-state index in [1.54, 1.807) is 6.07 Å². The number of halogens is 1. The molecule has 0 atom stereocenters. The Hall–Kier alpha value is -1.09. The number of hydrogen-bond donors (Lipinski definition) is 1. The van der Waals surface area contributed by atoms with E-state index in [-0.39, 0.29) is 17.1 Å². The molecular formula is C16H24FNO. The molecule has 1 aliphatic rings. The van der Waals surface area contributed by atoms with E-state index in [2.05, 4.69) is 13.8 Å². The normalized spacial score (nSPS) is 27.6. The molecule has 2 rings (SSSR count). The molecule has 0 radical (unpaired) electrons. The Bertz CT molecular complexity index is 436. The van der Waals surface area contributed by atoms with Crippen molar-refractivity contribution in [2.45, 2.75) is 45.1 Å². The first-order valence-electron chi connectivity index (χ1n) is 7.09. The van der Waals surface area contributed by atoms with E-state index < -0.39 is 0 Å². The largest absolute Gasteiger partial charge is 0.494 e. The summed E-state index contributed by atoms with van der Waals surface area (Å²) in [6.07, 6.45) is 4.12. The smallest absolute Gasteiger partial charge is 0.165 e. The van der Waals surface area contributed by atoms with E-state index >= 15 is 0 Å². The molecule has 1 aromatic rings. The fourth-order valence-electron chi connectivity index (χ4n) is 3.09. The lowest BCUT2D eigenvalue weighted by Crippen LogP contribution is -2.41. The number of benzene rings is 1. The number of nitrogens with two attached hydrogens (primary N) is 1. The third-order valence-electron chi connectivity index (χ3n) is 4.59. The highest BCUT2D eigenvalue weighted by Gasteiger charge is 2.34. The summed E-state index contributed by atoms with van der Waals surface area (Å²) in [5, 5.41) is 0. The average Bonchev–Trinajstić information content (AvgIpc) is 2.39. The maximum absolute atomic E-state index is 13.8. The van der Waals surface area contributed by atoms with E-state index in [9.17, 15) is 4.39 Å². The number of rotatable bonds is 3. The predicted octanol–water partition coefficient (Wildman–Crippen LogP) is 3.83. The summed E-state index contributed by atoms with van der Waals surface area (Å²) < 4.78 is 18.8. The van der Waals surface area contributed by atoms with Crippen LogP contribution in [0.2, 0.25) is 0 Å². The Kier molecular flexibility index (Phi) is 4.14. The van der Waals surface area contributed by atoms with Gasteiger partial charge in [0.25, 0.3) is 0 Å². The first-order valence-corrected chi connectivity index (χ1v) is 7.09. The van der Waals surface area contributed by atoms with Gasteiger partial charge in [-0.1, -0.05) is 19.9 Å². The minimum atomic E-state index is -0.376. The van der Waals surface area contributed by atoms with E-state index in [0.717, 1.165) is 37.2 Å². The van der Waals surface area contributed by atoms with Gasteiger partial charge in [-0.3, -0.25) is 0 Å². The van der Waals surface area contributed by atoms with Gasteiger partial charge < -0.3 is 10.5 Å². The van der Waals surface area contributed by atoms with Crippen LogP contribution in [-0.4, -0.2) is 7.11 Å². The fraction of sp³-hybridized carbons (Fsp3) is 0.625. The summed E-state index contributed by atoms with van der Waals surface area (Å²) in [4.78, 5) is 0. The highest BCUT2D eigenvalue weighted by atomic mass is 19.1. The highest BCUT2D eigenvalue weighted by molar-refractivity contribution is 5.33. The zero-order valence-corrected chi connectivity index (χ0v) is 12.1. The van der Waals surface area contributed by atoms with Gasteiger partial charge >= 0.3 is 0 Å². The van der Waals surface area contributed by atoms with E-state index in [1.807, 2.05) is 6.07 Å². The zero-order valence-electron chi connectivity index (χ0n) is 12.1. The maximum atomic E-state index is 13.8. The number of methoxy groups -OCH3 is 1. The summed E-state index contributed by atoms with van der Waals surface area (Å²) in [5.74, 6) is 1.41. The Morgan fingerprint density at radius 3 is 2.42 bits per heavy atom. The van der Waals surface area contributed by atoms with Crippen LogP contribution >= 0.6 is 0 Å². The summed E-state index contributed by atoms with van der Waals surface area (Å²) in [6, 6.07) is 5.11. The number of ether oxygens (including phenoxy) is 1. The molecule has 3 heteroatoms. The van der Waals surface area contributed by atoms with Gasteiger partial charge in [0.05, 0.1) is 7.11 Å². The van der Waals surface area contributed by atoms with Gasteiger partial charge in [0, 0.05) is 5.54 Å². The average molecular weight is 265 g/mol. The van der Waals surface area contributed by atoms with Crippen molar-refractivity contribution in [3.63, 3.8) is 0 Å². The quantitative estimate of drug-likeness (QED) is 0.901. The fourth-order valence-corrected chi connectivity index (χ4v) is 3.09. The molecule has 0 heterocycles. The molecule has 1 aliphatic carbocycles. The van der Waals surface area contributed by atoms with Crippen LogP contribution in [0.15, 0.2) is 18.2 Å². The molecule has 1 fully saturated rings. The van der Waals surface area contributed by atoms with E-state index in [0.29, 0.717) is 5.92 Å². The van der Waals surface area contributed by atoms with Gasteiger partial charge in [-0.25, -0.2) is 4.39 Å². The maximum Gasteiger partial charge on any atom is 0.165 e. The lowest BCUT2D eigenvalue weighted by atomic mass is 9.70. The number of hydrogen-bond acceptors (Lipinski definition) is 2. The Labute approximate surface area is 115 Å². The SMILES string of the molecule is COc1ccc(C2(N)CCC(C(C)C)CC2)cc1F. The lowest BCUT2D eigenvalue weighted by Gasteiger charge is -2.39. The molecule has 0 aromatic heterocycles. The van der Waals surface area contributed by atoms with Gasteiger partial charge in [-0.05, 0) is 55.2 Å². The van der Waals surface area contributed by atoms with Crippen LogP contribution in [0.25, 0.3) is 0 Å². The van der Waals surface area contributed by atoms with Crippen LogP contribution in [0, 0.1) is 17.7 Å². The van der Waals surface area contributed by atoms with E-state index in [1.165, 1.54) is 13.2 Å². The van der Waals surface area contributed by atoms with Gasteiger partial charge in [-0.15, -0.1) is 0 Å². The molecular weight excluding hydrogens is 241 g/mol. The molecule has 19 heavy (non-hydrogen) atoms. The zero-order chi connectivity index (χ0) is 14.0. The third-order valence-corrected chi connectivity index (χ3v) is 4.59. The second-order valence-electron chi connectivity index (χ2n) is 6.09. The van der Waals surface area contributed by atoms with Crippen molar-refractivity contribution in [1.29, 1.82) is 0 Å². The van der Waals surface area contributed by atoms with Crippen molar-refractivity contribution in [3.8, 4) is 5.75 Å². The van der Waals surface area contributed by atoms with Gasteiger partial charge in [0.2, 0.25) is 0 Å². The Balaban J connectivity index is 2.15. The van der Waals surface area contributed by atoms with Crippen LogP contribution < -0.4 is 10.5 Å². The second kappa shape index (κ2) is 5.49. The standard InChI is InChI=1S/C16H24FNO/c1-11(2)12-6-8-16(18,9-7-12)13-4-5-15(19-3)14(17)10-13/h4-5,10-12H,6-9,18H2,1-3H3. The summed E-state index contributed by atoms with van der Waals surface area (Å²) in [6.45, 7) is 4.53. The summed E-state index contributed by atoms with van der Waals surface area (Å²) >= 11 is 0. The first-order chi connectivity index (χ1) is 8.96. The van der Waals surface area contributed by atoms with Gasteiger partial charge in [0.1, 0.15) is 0 Å². The van der Waals surface area contributed by atoms with Crippen molar-refractivity contribution in [3.05, 3.63) is 29.6 Å². The molecule has 0 aliphatic heterocycles. The molecule has 1 aromatic carbocycles. The van der Waals surface area contributed by atoms with Crippen molar-refractivity contribution in [2.24, 2.45) is 17.6 Å². The van der Waals surface area contributed by atoms with Crippen LogP contribution in [0.1, 0.15) is 45.1 Å². The molecule has 1 saturated carbocycles. The molecule has 2 N–H and O–H groups in total. The van der Waals surface area contributed by atoms with Crippen molar-refractivity contribution in [1.82, 2.24) is 0 Å². The monoisotopic (exact) mass is 265 g/mol. The molecule has 0 unspecified atom stereocenters. The predicted molar refractivity (Wildman–Crippen MR) is 75.6 cm³/mol. The Morgan fingerprint density at radius 1 is 1.32 bits per heavy atom. The van der Waals surface area contributed by atoms with Crippen LogP contribution in [0.4, 0.5) is 4.39 Å². The first kappa shape index (κ1) is 14.3. The van der Waals surface area contributed by atoms with E-state index in [4.69, 9.17) is 10.5 Å². The van der Waals surface area contributed by atoms with Crippen LogP contribution in [-0.2, 0) is 5.54 Å². The van der Waals surface area contributed by atoms with Crippen molar-refractivity contribution >= 4 is 0 Å². The third kappa shape index (κ3) is 2.92. The van der Waals surface area contributed by atoms with Crippen LogP contribution in [0.5, 0.6) is 5.75 Å². The lowest BCUT2D eigenvalue weighted by molar-refractivity contribution is 0.195. The van der Waals surface area contributed by atoms with Gasteiger partial charge in [-0.2, -0.15) is 0 Å². The Morgan fingerprint density at radius 2 is 1.95 bits per heavy atom. The molecule has 0 saturated heterocycles. The van der Waals surface area contributed by atoms with Crippen molar-refractivity contribution in [2.75, 3.05) is 7.11 Å². The highest BCUT2D eigenvalue weighted by Crippen LogP contribution is 2.40. The minimum absolute atomic E-state index is 0.281. The second-order valence-corrected chi connectivity index (χ2v) is 6.09. The minimum Gasteiger partial charge on any atom is -0.494 e. The summed E-state index contributed by atoms with van der Waals surface area (Å²) in [5.41, 5.74) is 7.02. The molecule has 0 bridgehead atoms. The molecule has 0 spiro atoms. The molecule has 2 nitrogen and oxygen atoms in total. The van der Waals surface area contributed by atoms with Gasteiger partial charge in [0.15, 0.2) is 11.6 Å². The molecule has 106 valence electrons. The topological polar surface area (TPSA) is 35.2 Å². The molecule has 0 amide bonds. The van der Waals surface area contributed by atoms with Crippen LogP contribution in [0.3, 0.4) is 0 Å². The summed E-state index contributed by atoms with van der Waals surface area (Å²) in [7, 11) is 1.48. The van der Waals surface area contributed by atoms with Crippen molar-refractivity contribution < 1.29 is 9.13 Å².